The molecule has 6 nitrogen and oxygen atoms in total. The number of hydrogen-bond acceptors (Lipinski definition) is 5. The lowest BCUT2D eigenvalue weighted by molar-refractivity contribution is 0.0950. The van der Waals surface area contributed by atoms with Crippen molar-refractivity contribution in [2.75, 3.05) is 33.2 Å². The molecule has 0 radical (unpaired) electrons. The Hall–Kier alpha value is -2.48. The van der Waals surface area contributed by atoms with E-state index in [0.717, 1.165) is 54.8 Å². The van der Waals surface area contributed by atoms with Gasteiger partial charge in [-0.1, -0.05) is 24.3 Å². The highest BCUT2D eigenvalue weighted by Crippen LogP contribution is 2.22. The van der Waals surface area contributed by atoms with Crippen molar-refractivity contribution in [2.45, 2.75) is 26.9 Å². The van der Waals surface area contributed by atoms with Gasteiger partial charge in [0.1, 0.15) is 0 Å². The minimum Gasteiger partial charge on any atom is -0.348 e. The lowest BCUT2D eigenvalue weighted by Crippen LogP contribution is -2.43. The predicted octanol–water partition coefficient (Wildman–Crippen LogP) is 3.23. The first-order chi connectivity index (χ1) is 14.5. The average molecular weight is 424 g/mol. The van der Waals surface area contributed by atoms with Crippen LogP contribution in [-0.4, -0.2) is 58.5 Å². The quantitative estimate of drug-likeness (QED) is 0.661. The SMILES string of the molecule is Cc1cc(C(=O)NCc2ccc(CN3CCN(C)CC3)cc2)c(C)n1-c1nccs1. The van der Waals surface area contributed by atoms with Crippen LogP contribution < -0.4 is 5.32 Å². The topological polar surface area (TPSA) is 53.4 Å². The van der Waals surface area contributed by atoms with Crippen molar-refractivity contribution >= 4 is 17.2 Å². The van der Waals surface area contributed by atoms with Gasteiger partial charge in [-0.05, 0) is 38.1 Å². The lowest BCUT2D eigenvalue weighted by atomic mass is 10.1. The third-order valence-corrected chi connectivity index (χ3v) is 6.52. The fourth-order valence-electron chi connectivity index (χ4n) is 3.92. The highest BCUT2D eigenvalue weighted by Gasteiger charge is 2.18. The number of carbonyl (C=O) groups is 1. The molecule has 3 heterocycles. The molecule has 158 valence electrons. The standard InChI is InChI=1S/C23H29N5OS/c1-17-14-21(18(2)28(17)23-24-8-13-30-23)22(29)25-15-19-4-6-20(7-5-19)16-27-11-9-26(3)10-12-27/h4-8,13-14H,9-12,15-16H2,1-3H3,(H,25,29). The number of hydrogen-bond donors (Lipinski definition) is 1. The summed E-state index contributed by atoms with van der Waals surface area (Å²) in [4.78, 5) is 22.0. The summed E-state index contributed by atoms with van der Waals surface area (Å²) in [5.41, 5.74) is 5.07. The van der Waals surface area contributed by atoms with E-state index in [9.17, 15) is 4.79 Å². The van der Waals surface area contributed by atoms with Crippen molar-refractivity contribution in [3.63, 3.8) is 0 Å². The maximum Gasteiger partial charge on any atom is 0.253 e. The van der Waals surface area contributed by atoms with E-state index in [-0.39, 0.29) is 5.91 Å². The molecule has 0 bridgehead atoms. The number of thiazole rings is 1. The third-order valence-electron chi connectivity index (χ3n) is 5.76. The highest BCUT2D eigenvalue weighted by molar-refractivity contribution is 7.12. The van der Waals surface area contributed by atoms with Crippen molar-refractivity contribution in [1.82, 2.24) is 24.7 Å². The Morgan fingerprint density at radius 2 is 1.80 bits per heavy atom. The van der Waals surface area contributed by atoms with Gasteiger partial charge < -0.3 is 10.2 Å². The van der Waals surface area contributed by atoms with Crippen molar-refractivity contribution in [3.8, 4) is 5.13 Å². The Balaban J connectivity index is 1.35. The number of nitrogens with zero attached hydrogens (tertiary/aromatic N) is 4. The molecular weight excluding hydrogens is 394 g/mol. The lowest BCUT2D eigenvalue weighted by Gasteiger charge is -2.32. The fraction of sp³-hybridized carbons (Fsp3) is 0.391. The Bertz CT molecular complexity index is 986. The van der Waals surface area contributed by atoms with E-state index in [1.54, 1.807) is 17.5 Å². The monoisotopic (exact) mass is 423 g/mol. The molecule has 7 heteroatoms. The molecule has 0 spiro atoms. The molecule has 1 fully saturated rings. The predicted molar refractivity (Wildman–Crippen MR) is 121 cm³/mol. The molecule has 1 saturated heterocycles. The van der Waals surface area contributed by atoms with Gasteiger partial charge in [-0.2, -0.15) is 0 Å². The highest BCUT2D eigenvalue weighted by atomic mass is 32.1. The maximum atomic E-state index is 12.8. The van der Waals surface area contributed by atoms with Crippen LogP contribution in [0.15, 0.2) is 41.9 Å². The molecule has 30 heavy (non-hydrogen) atoms. The van der Waals surface area contributed by atoms with Gasteiger partial charge in [0, 0.05) is 62.2 Å². The first kappa shape index (κ1) is 20.8. The van der Waals surface area contributed by atoms with Crippen LogP contribution in [0.4, 0.5) is 0 Å². The number of piperazine rings is 1. The molecule has 1 aliphatic rings. The number of likely N-dealkylation sites (N-methyl/N-ethyl adjacent to an activating group) is 1. The van der Waals surface area contributed by atoms with E-state index in [0.29, 0.717) is 12.1 Å². The largest absolute Gasteiger partial charge is 0.348 e. The van der Waals surface area contributed by atoms with Gasteiger partial charge in [0.15, 0.2) is 5.13 Å². The fourth-order valence-corrected chi connectivity index (χ4v) is 4.67. The van der Waals surface area contributed by atoms with E-state index in [2.05, 4.69) is 51.4 Å². The number of benzene rings is 1. The second kappa shape index (κ2) is 9.12. The minimum atomic E-state index is -0.0487. The van der Waals surface area contributed by atoms with Crippen molar-refractivity contribution in [1.29, 1.82) is 0 Å². The molecule has 3 aromatic rings. The van der Waals surface area contributed by atoms with Crippen LogP contribution in [0.25, 0.3) is 5.13 Å². The molecule has 0 saturated carbocycles. The molecule has 1 aromatic carbocycles. The molecule has 0 aliphatic carbocycles. The minimum absolute atomic E-state index is 0.0487. The summed E-state index contributed by atoms with van der Waals surface area (Å²) in [5, 5.41) is 5.90. The van der Waals surface area contributed by atoms with E-state index < -0.39 is 0 Å². The van der Waals surface area contributed by atoms with Crippen LogP contribution in [0, 0.1) is 13.8 Å². The van der Waals surface area contributed by atoms with Crippen LogP contribution in [0.3, 0.4) is 0 Å². The van der Waals surface area contributed by atoms with Crippen molar-refractivity contribution in [3.05, 3.63) is 70.0 Å². The number of amides is 1. The second-order valence-corrected chi connectivity index (χ2v) is 8.89. The van der Waals surface area contributed by atoms with Crippen molar-refractivity contribution in [2.24, 2.45) is 0 Å². The summed E-state index contributed by atoms with van der Waals surface area (Å²) >= 11 is 1.57. The first-order valence-electron chi connectivity index (χ1n) is 10.4. The summed E-state index contributed by atoms with van der Waals surface area (Å²) in [6.45, 7) is 9.99. The first-order valence-corrected chi connectivity index (χ1v) is 11.2. The molecular formula is C23H29N5OS. The Kier molecular flexibility index (Phi) is 6.32. The summed E-state index contributed by atoms with van der Waals surface area (Å²) in [5.74, 6) is -0.0487. The molecule has 4 rings (SSSR count). The van der Waals surface area contributed by atoms with Crippen LogP contribution in [0.1, 0.15) is 32.9 Å². The summed E-state index contributed by atoms with van der Waals surface area (Å²) in [7, 11) is 2.18. The van der Waals surface area contributed by atoms with Crippen LogP contribution in [0.5, 0.6) is 0 Å². The van der Waals surface area contributed by atoms with Gasteiger partial charge in [-0.25, -0.2) is 4.98 Å². The van der Waals surface area contributed by atoms with E-state index in [1.165, 1.54) is 5.56 Å². The Labute approximate surface area is 182 Å². The Morgan fingerprint density at radius 1 is 1.10 bits per heavy atom. The second-order valence-electron chi connectivity index (χ2n) is 8.01. The average Bonchev–Trinajstić information content (AvgIpc) is 3.36. The van der Waals surface area contributed by atoms with Crippen LogP contribution in [0.2, 0.25) is 0 Å². The molecule has 2 aromatic heterocycles. The normalized spacial score (nSPS) is 15.4. The maximum absolute atomic E-state index is 12.8. The molecule has 1 aliphatic heterocycles. The van der Waals surface area contributed by atoms with E-state index in [1.807, 2.05) is 29.9 Å². The third kappa shape index (κ3) is 4.64. The van der Waals surface area contributed by atoms with E-state index in [4.69, 9.17) is 0 Å². The number of carbonyl (C=O) groups excluding carboxylic acids is 1. The molecule has 1 amide bonds. The summed E-state index contributed by atoms with van der Waals surface area (Å²) in [6.07, 6.45) is 1.78. The van der Waals surface area contributed by atoms with Gasteiger partial charge in [-0.15, -0.1) is 11.3 Å². The van der Waals surface area contributed by atoms with Crippen LogP contribution in [-0.2, 0) is 13.1 Å². The van der Waals surface area contributed by atoms with Crippen molar-refractivity contribution < 1.29 is 4.79 Å². The van der Waals surface area contributed by atoms with Gasteiger partial charge >= 0.3 is 0 Å². The molecule has 0 unspecified atom stereocenters. The van der Waals surface area contributed by atoms with E-state index >= 15 is 0 Å². The zero-order valence-corrected chi connectivity index (χ0v) is 18.7. The number of rotatable bonds is 6. The smallest absolute Gasteiger partial charge is 0.253 e. The van der Waals surface area contributed by atoms with Gasteiger partial charge in [0.05, 0.1) is 5.56 Å². The summed E-state index contributed by atoms with van der Waals surface area (Å²) in [6, 6.07) is 10.5. The van der Waals surface area contributed by atoms with Gasteiger partial charge in [0.25, 0.3) is 5.91 Å². The molecule has 1 N–H and O–H groups in total. The van der Waals surface area contributed by atoms with Gasteiger partial charge in [-0.3, -0.25) is 14.3 Å². The Morgan fingerprint density at radius 3 is 2.47 bits per heavy atom. The zero-order chi connectivity index (χ0) is 21.1. The molecule has 0 atom stereocenters. The number of nitrogens with one attached hydrogen (secondary N) is 1. The number of aromatic nitrogens is 2. The summed E-state index contributed by atoms with van der Waals surface area (Å²) < 4.78 is 2.03. The zero-order valence-electron chi connectivity index (χ0n) is 17.9. The number of aryl methyl sites for hydroxylation is 1. The van der Waals surface area contributed by atoms with Gasteiger partial charge in [0.2, 0.25) is 0 Å². The van der Waals surface area contributed by atoms with Crippen LogP contribution >= 0.6 is 11.3 Å².